The molecule has 5 rings (SSSR count). The van der Waals surface area contributed by atoms with Crippen molar-refractivity contribution in [2.45, 2.75) is 19.9 Å². The van der Waals surface area contributed by atoms with E-state index in [1.807, 2.05) is 86.1 Å². The van der Waals surface area contributed by atoms with E-state index in [9.17, 15) is 4.91 Å². The fourth-order valence-electron chi connectivity index (χ4n) is 4.06. The van der Waals surface area contributed by atoms with Crippen LogP contribution >= 0.6 is 0 Å². The minimum Gasteiger partial charge on any atom is -0.314 e. The fraction of sp³-hybridized carbons (Fsp3) is 0.172. The number of nitrogens with zero attached hydrogens (tertiary/aromatic N) is 6. The van der Waals surface area contributed by atoms with Crippen molar-refractivity contribution >= 4 is 11.5 Å². The maximum atomic E-state index is 12.8. The molecular weight excluding hydrogens is 462 g/mol. The lowest BCUT2D eigenvalue weighted by atomic mass is 10.1. The van der Waals surface area contributed by atoms with E-state index < -0.39 is 0 Å². The molecule has 182 valence electrons. The average Bonchev–Trinajstić information content (AvgIpc) is 3.27. The summed E-state index contributed by atoms with van der Waals surface area (Å²) in [5, 5.41) is 3.09. The second-order valence-corrected chi connectivity index (χ2v) is 8.71. The van der Waals surface area contributed by atoms with Gasteiger partial charge in [-0.2, -0.15) is 0 Å². The van der Waals surface area contributed by atoms with Crippen LogP contribution in [0.15, 0.2) is 79.4 Å². The highest BCUT2D eigenvalue weighted by atomic mass is 16.3. The highest BCUT2D eigenvalue weighted by Gasteiger charge is 2.23. The third kappa shape index (κ3) is 5.13. The Balaban J connectivity index is 1.57. The van der Waals surface area contributed by atoms with Gasteiger partial charge in [-0.05, 0) is 73.0 Å². The molecule has 1 N–H and O–H groups in total. The molecule has 4 aromatic heterocycles. The molecule has 0 aliphatic rings. The van der Waals surface area contributed by atoms with Crippen LogP contribution < -0.4 is 5.32 Å². The highest BCUT2D eigenvalue weighted by Crippen LogP contribution is 2.28. The molecule has 4 heterocycles. The number of pyridine rings is 2. The van der Waals surface area contributed by atoms with Crippen molar-refractivity contribution < 1.29 is 4.76 Å². The molecule has 0 bridgehead atoms. The molecule has 0 saturated carbocycles. The van der Waals surface area contributed by atoms with E-state index in [1.54, 1.807) is 12.3 Å². The van der Waals surface area contributed by atoms with Crippen molar-refractivity contribution in [1.29, 1.82) is 0 Å². The minimum atomic E-state index is 0.0166. The highest BCUT2D eigenvalue weighted by molar-refractivity contribution is 5.73. The predicted octanol–water partition coefficient (Wildman–Crippen LogP) is 4.58. The van der Waals surface area contributed by atoms with E-state index in [4.69, 9.17) is 9.97 Å². The summed E-state index contributed by atoms with van der Waals surface area (Å²) < 4.78 is 2.92. The average molecular weight is 489 g/mol. The largest absolute Gasteiger partial charge is 0.362 e. The van der Waals surface area contributed by atoms with Crippen LogP contribution in [-0.2, 0) is 0 Å². The van der Waals surface area contributed by atoms with Crippen LogP contribution in [0.2, 0.25) is 0 Å². The minimum absolute atomic E-state index is 0.0166. The van der Waals surface area contributed by atoms with E-state index in [-0.39, 0.29) is 12.6 Å². The van der Waals surface area contributed by atoms with Crippen LogP contribution in [0.5, 0.6) is 0 Å². The number of benzene rings is 1. The number of hydrogen-bond acceptors (Lipinski definition) is 6. The first-order valence-electron chi connectivity index (χ1n) is 12.0. The summed E-state index contributed by atoms with van der Waals surface area (Å²) in [6, 6.07) is 19.3. The first-order chi connectivity index (χ1) is 18.0. The summed E-state index contributed by atoms with van der Waals surface area (Å²) in [7, 11) is 1.83. The van der Waals surface area contributed by atoms with Crippen LogP contribution in [0.25, 0.3) is 28.2 Å². The van der Waals surface area contributed by atoms with Gasteiger partial charge in [0.2, 0.25) is 5.69 Å². The molecule has 0 saturated heterocycles. The lowest BCUT2D eigenvalue weighted by Crippen LogP contribution is -2.29. The fourth-order valence-corrected chi connectivity index (χ4v) is 4.06. The van der Waals surface area contributed by atoms with Crippen molar-refractivity contribution in [1.82, 2.24) is 29.7 Å². The van der Waals surface area contributed by atoms with Crippen LogP contribution in [0.4, 0.5) is 5.82 Å². The molecule has 5 aromatic rings. The maximum absolute atomic E-state index is 12.8. The normalized spacial score (nSPS) is 11.6. The third-order valence-corrected chi connectivity index (χ3v) is 6.12. The molecule has 1 atom stereocenters. The molecule has 1 aromatic carbocycles. The number of hydrogen-bond donors (Lipinski definition) is 1. The number of nitroso groups, excluding NO2 is 1. The maximum Gasteiger partial charge on any atom is 0.362 e. The molecular formula is C29H26N7O+. The van der Waals surface area contributed by atoms with Gasteiger partial charge in [-0.3, -0.25) is 4.40 Å². The Morgan fingerprint density at radius 3 is 2.62 bits per heavy atom. The van der Waals surface area contributed by atoms with Gasteiger partial charge < -0.3 is 5.32 Å². The molecule has 0 aliphatic carbocycles. The first kappa shape index (κ1) is 24.0. The second kappa shape index (κ2) is 10.5. The summed E-state index contributed by atoms with van der Waals surface area (Å²) in [5.74, 6) is 6.76. The summed E-state index contributed by atoms with van der Waals surface area (Å²) in [4.78, 5) is 30.5. The molecule has 37 heavy (non-hydrogen) atoms. The molecule has 0 radical (unpaired) electrons. The molecule has 8 nitrogen and oxygen atoms in total. The standard InChI is InChI=1S/C29H26N7O/c1-20(30-3)18-36(37)28-14-12-24(29-21(2)33-27-6-4-5-17-35(27)29)26(34-28)13-9-22-7-10-23(11-8-22)25-15-16-31-19-32-25/h4-8,10-12,14-17,19-20,30H,18H2,1-3H3/q+1. The van der Waals surface area contributed by atoms with Gasteiger partial charge in [-0.25, -0.2) is 15.0 Å². The predicted molar refractivity (Wildman–Crippen MR) is 143 cm³/mol. The van der Waals surface area contributed by atoms with Gasteiger partial charge in [0.25, 0.3) is 0 Å². The Kier molecular flexibility index (Phi) is 6.79. The van der Waals surface area contributed by atoms with Gasteiger partial charge >= 0.3 is 5.82 Å². The van der Waals surface area contributed by atoms with Gasteiger partial charge in [-0.15, -0.1) is 0 Å². The third-order valence-electron chi connectivity index (χ3n) is 6.12. The SMILES string of the molecule is CNC(C)C[N+](=O)c1ccc(-c2c(C)nc3ccccn23)c(C#Cc2ccc(-c3ccncn3)cc2)n1. The Morgan fingerprint density at radius 1 is 1.03 bits per heavy atom. The molecule has 0 fully saturated rings. The molecule has 1 unspecified atom stereocenters. The van der Waals surface area contributed by atoms with E-state index in [2.05, 4.69) is 27.1 Å². The second-order valence-electron chi connectivity index (χ2n) is 8.71. The van der Waals surface area contributed by atoms with Crippen molar-refractivity contribution in [3.05, 3.63) is 101 Å². The topological polar surface area (TPSA) is 88.1 Å². The first-order valence-corrected chi connectivity index (χ1v) is 12.0. The van der Waals surface area contributed by atoms with E-state index in [1.165, 1.54) is 6.33 Å². The number of likely N-dealkylation sites (N-methyl/N-ethyl adjacent to an activating group) is 1. The lowest BCUT2D eigenvalue weighted by Gasteiger charge is -2.06. The van der Waals surface area contributed by atoms with Crippen LogP contribution in [0.3, 0.4) is 0 Å². The van der Waals surface area contributed by atoms with Crippen molar-refractivity contribution in [2.75, 3.05) is 13.6 Å². The lowest BCUT2D eigenvalue weighted by molar-refractivity contribution is -0.470. The van der Waals surface area contributed by atoms with Gasteiger partial charge in [-0.1, -0.05) is 29.0 Å². The number of imidazole rings is 1. The monoisotopic (exact) mass is 488 g/mol. The van der Waals surface area contributed by atoms with E-state index in [0.717, 1.165) is 44.2 Å². The van der Waals surface area contributed by atoms with Crippen molar-refractivity contribution in [3.8, 4) is 34.4 Å². The van der Waals surface area contributed by atoms with Crippen LogP contribution in [0.1, 0.15) is 23.9 Å². The van der Waals surface area contributed by atoms with Crippen LogP contribution in [0, 0.1) is 23.7 Å². The summed E-state index contributed by atoms with van der Waals surface area (Å²) in [6.45, 7) is 4.19. The number of aryl methyl sites for hydroxylation is 1. The molecule has 0 amide bonds. The van der Waals surface area contributed by atoms with Crippen molar-refractivity contribution in [2.24, 2.45) is 0 Å². The Bertz CT molecular complexity index is 1630. The number of aromatic nitrogens is 5. The van der Waals surface area contributed by atoms with E-state index >= 15 is 0 Å². The quantitative estimate of drug-likeness (QED) is 0.278. The van der Waals surface area contributed by atoms with Gasteiger partial charge in [0.15, 0.2) is 0 Å². The molecule has 0 spiro atoms. The Morgan fingerprint density at radius 2 is 1.86 bits per heavy atom. The van der Waals surface area contributed by atoms with Crippen molar-refractivity contribution in [3.63, 3.8) is 0 Å². The van der Waals surface area contributed by atoms with Gasteiger partial charge in [0.05, 0.1) is 22.6 Å². The Labute approximate surface area is 215 Å². The summed E-state index contributed by atoms with van der Waals surface area (Å²) >= 11 is 0. The molecule has 8 heteroatoms. The smallest absolute Gasteiger partial charge is 0.314 e. The summed E-state index contributed by atoms with van der Waals surface area (Å²) in [6.07, 6.45) is 5.22. The zero-order chi connectivity index (χ0) is 25.8. The molecule has 0 aliphatic heterocycles. The van der Waals surface area contributed by atoms with Gasteiger partial charge in [0.1, 0.15) is 18.5 Å². The van der Waals surface area contributed by atoms with Gasteiger partial charge in [0, 0.05) is 35.6 Å². The zero-order valence-electron chi connectivity index (χ0n) is 20.9. The summed E-state index contributed by atoms with van der Waals surface area (Å²) in [5.41, 5.74) is 6.60. The number of rotatable bonds is 6. The van der Waals surface area contributed by atoms with Crippen LogP contribution in [-0.4, -0.2) is 48.7 Å². The number of fused-ring (bicyclic) bond motifs is 1. The zero-order valence-corrected chi connectivity index (χ0v) is 20.9. The Hall–Kier alpha value is -4.74. The number of nitrogens with one attached hydrogen (secondary N) is 1. The van der Waals surface area contributed by atoms with E-state index in [0.29, 0.717) is 11.5 Å².